The average Bonchev–Trinajstić information content (AvgIpc) is 2.97. The minimum atomic E-state index is -0.768. The zero-order valence-corrected chi connectivity index (χ0v) is 13.2. The van der Waals surface area contributed by atoms with E-state index in [-0.39, 0.29) is 19.3 Å². The molecule has 0 spiro atoms. The highest BCUT2D eigenvalue weighted by molar-refractivity contribution is 5.97. The maximum Gasteiger partial charge on any atom is 0.417 e. The lowest BCUT2D eigenvalue weighted by molar-refractivity contribution is -0.131. The Hall–Kier alpha value is -2.66. The zero-order chi connectivity index (χ0) is 16.9. The van der Waals surface area contributed by atoms with E-state index in [1.54, 1.807) is 24.3 Å². The number of hydrogen-bond donors (Lipinski definition) is 1. The normalized spacial score (nSPS) is 18.3. The van der Waals surface area contributed by atoms with Gasteiger partial charge in [0.05, 0.1) is 18.6 Å². The van der Waals surface area contributed by atoms with Crippen molar-refractivity contribution >= 4 is 12.0 Å². The van der Waals surface area contributed by atoms with Crippen molar-refractivity contribution in [2.45, 2.75) is 18.4 Å². The smallest absolute Gasteiger partial charge is 0.417 e. The predicted octanol–water partition coefficient (Wildman–Crippen LogP) is 2.35. The van der Waals surface area contributed by atoms with Gasteiger partial charge in [-0.15, -0.1) is 0 Å². The van der Waals surface area contributed by atoms with Crippen LogP contribution < -0.4 is 0 Å². The molecule has 1 heterocycles. The molecule has 124 valence electrons. The number of benzene rings is 2. The van der Waals surface area contributed by atoms with Crippen LogP contribution in [-0.2, 0) is 16.0 Å². The van der Waals surface area contributed by atoms with Gasteiger partial charge in [0.25, 0.3) is 0 Å². The first-order valence-electron chi connectivity index (χ1n) is 7.90. The summed E-state index contributed by atoms with van der Waals surface area (Å²) in [5.74, 6) is -1.19. The van der Waals surface area contributed by atoms with Crippen molar-refractivity contribution < 1.29 is 19.4 Å². The number of rotatable bonds is 5. The molecular formula is C19H19NO4. The van der Waals surface area contributed by atoms with Crippen molar-refractivity contribution in [3.05, 3.63) is 71.8 Å². The van der Waals surface area contributed by atoms with Crippen LogP contribution in [0, 0.1) is 0 Å². The molecule has 1 N–H and O–H groups in total. The number of carbonyl (C=O) groups is 2. The number of aliphatic hydroxyl groups is 1. The summed E-state index contributed by atoms with van der Waals surface area (Å²) >= 11 is 0. The van der Waals surface area contributed by atoms with E-state index in [0.29, 0.717) is 12.0 Å². The first-order chi connectivity index (χ1) is 11.7. The van der Waals surface area contributed by atoms with E-state index < -0.39 is 17.9 Å². The van der Waals surface area contributed by atoms with Crippen LogP contribution >= 0.6 is 0 Å². The van der Waals surface area contributed by atoms with Crippen LogP contribution in [0.4, 0.5) is 4.79 Å². The molecule has 2 atom stereocenters. The third kappa shape index (κ3) is 3.31. The topological polar surface area (TPSA) is 66.8 Å². The molecule has 2 amide bonds. The lowest BCUT2D eigenvalue weighted by Crippen LogP contribution is -2.43. The Labute approximate surface area is 140 Å². The standard InChI is InChI=1S/C19H19NO4/c21-12-17(15-9-5-2-6-10-15)18(22)20-16(13-24-19(20)23)11-14-7-3-1-4-8-14/h1-10,16-17,21H,11-13H2/t16-,17-/m0/s1. The van der Waals surface area contributed by atoms with Crippen LogP contribution in [0.25, 0.3) is 0 Å². The number of nitrogens with zero attached hydrogens (tertiary/aromatic N) is 1. The number of amides is 2. The summed E-state index contributed by atoms with van der Waals surface area (Å²) in [5.41, 5.74) is 1.71. The monoisotopic (exact) mass is 325 g/mol. The second-order valence-corrected chi connectivity index (χ2v) is 5.77. The van der Waals surface area contributed by atoms with E-state index in [0.717, 1.165) is 10.5 Å². The van der Waals surface area contributed by atoms with Gasteiger partial charge in [-0.05, 0) is 17.5 Å². The molecule has 1 saturated heterocycles. The van der Waals surface area contributed by atoms with Crippen LogP contribution in [-0.4, -0.2) is 41.3 Å². The fourth-order valence-corrected chi connectivity index (χ4v) is 2.95. The summed E-state index contributed by atoms with van der Waals surface area (Å²) < 4.78 is 5.09. The SMILES string of the molecule is O=C1OC[C@H](Cc2ccccc2)N1C(=O)[C@@H](CO)c1ccccc1. The predicted molar refractivity (Wildman–Crippen MR) is 88.4 cm³/mol. The third-order valence-corrected chi connectivity index (χ3v) is 4.20. The third-order valence-electron chi connectivity index (χ3n) is 4.20. The number of aliphatic hydroxyl groups excluding tert-OH is 1. The molecule has 5 heteroatoms. The fourth-order valence-electron chi connectivity index (χ4n) is 2.95. The molecule has 2 aromatic carbocycles. The van der Waals surface area contributed by atoms with E-state index in [9.17, 15) is 14.7 Å². The highest BCUT2D eigenvalue weighted by atomic mass is 16.6. The molecule has 5 nitrogen and oxygen atoms in total. The lowest BCUT2D eigenvalue weighted by Gasteiger charge is -2.24. The number of hydrogen-bond acceptors (Lipinski definition) is 4. The molecule has 0 aliphatic carbocycles. The summed E-state index contributed by atoms with van der Waals surface area (Å²) in [6, 6.07) is 18.3. The van der Waals surface area contributed by atoms with Crippen LogP contribution in [0.5, 0.6) is 0 Å². The maximum atomic E-state index is 12.9. The van der Waals surface area contributed by atoms with Gasteiger partial charge in [0, 0.05) is 0 Å². The summed E-state index contributed by atoms with van der Waals surface area (Å²) in [5, 5.41) is 9.67. The van der Waals surface area contributed by atoms with Gasteiger partial charge >= 0.3 is 6.09 Å². The van der Waals surface area contributed by atoms with E-state index in [4.69, 9.17) is 4.74 Å². The number of ether oxygens (including phenoxy) is 1. The molecule has 0 saturated carbocycles. The quantitative estimate of drug-likeness (QED) is 0.916. The summed E-state index contributed by atoms with van der Waals surface area (Å²) in [7, 11) is 0. The van der Waals surface area contributed by atoms with E-state index in [1.807, 2.05) is 36.4 Å². The van der Waals surface area contributed by atoms with Crippen molar-refractivity contribution in [1.82, 2.24) is 4.90 Å². The molecule has 0 unspecified atom stereocenters. The Kier molecular flexibility index (Phi) is 4.91. The minimum absolute atomic E-state index is 0.173. The van der Waals surface area contributed by atoms with Crippen molar-refractivity contribution in [2.75, 3.05) is 13.2 Å². The van der Waals surface area contributed by atoms with Gasteiger partial charge in [0.15, 0.2) is 0 Å². The number of cyclic esters (lactones) is 1. The average molecular weight is 325 g/mol. The number of carbonyl (C=O) groups excluding carboxylic acids is 2. The molecule has 1 fully saturated rings. The molecule has 3 rings (SSSR count). The van der Waals surface area contributed by atoms with Crippen molar-refractivity contribution in [3.63, 3.8) is 0 Å². The van der Waals surface area contributed by atoms with Gasteiger partial charge in [-0.2, -0.15) is 0 Å². The first kappa shape index (κ1) is 16.2. The Bertz CT molecular complexity index is 702. The van der Waals surface area contributed by atoms with E-state index in [2.05, 4.69) is 0 Å². The minimum Gasteiger partial charge on any atom is -0.447 e. The van der Waals surface area contributed by atoms with Gasteiger partial charge in [-0.1, -0.05) is 60.7 Å². The van der Waals surface area contributed by atoms with Gasteiger partial charge in [-0.25, -0.2) is 9.69 Å². The molecular weight excluding hydrogens is 306 g/mol. The van der Waals surface area contributed by atoms with Gasteiger partial charge in [0.2, 0.25) is 5.91 Å². The second kappa shape index (κ2) is 7.27. The summed E-state index contributed by atoms with van der Waals surface area (Å²) in [6.45, 7) is -0.183. The lowest BCUT2D eigenvalue weighted by atomic mass is 9.97. The van der Waals surface area contributed by atoms with Crippen LogP contribution in [0.1, 0.15) is 17.0 Å². The summed E-state index contributed by atoms with van der Waals surface area (Å²) in [4.78, 5) is 26.1. The second-order valence-electron chi connectivity index (χ2n) is 5.77. The zero-order valence-electron chi connectivity index (χ0n) is 13.2. The molecule has 2 aromatic rings. The Balaban J connectivity index is 1.81. The van der Waals surface area contributed by atoms with Crippen LogP contribution in [0.3, 0.4) is 0 Å². The van der Waals surface area contributed by atoms with Crippen LogP contribution in [0.15, 0.2) is 60.7 Å². The molecule has 1 aliphatic rings. The molecule has 0 radical (unpaired) electrons. The fraction of sp³-hybridized carbons (Fsp3) is 0.263. The van der Waals surface area contributed by atoms with E-state index >= 15 is 0 Å². The van der Waals surface area contributed by atoms with Gasteiger partial charge in [0.1, 0.15) is 6.61 Å². The van der Waals surface area contributed by atoms with Crippen molar-refractivity contribution in [3.8, 4) is 0 Å². The largest absolute Gasteiger partial charge is 0.447 e. The summed E-state index contributed by atoms with van der Waals surface area (Å²) in [6.07, 6.45) is -0.110. The van der Waals surface area contributed by atoms with E-state index in [1.165, 1.54) is 0 Å². The maximum absolute atomic E-state index is 12.9. The molecule has 0 bridgehead atoms. The molecule has 1 aliphatic heterocycles. The van der Waals surface area contributed by atoms with Crippen molar-refractivity contribution in [1.29, 1.82) is 0 Å². The highest BCUT2D eigenvalue weighted by Crippen LogP contribution is 2.24. The Morgan fingerprint density at radius 3 is 2.38 bits per heavy atom. The van der Waals surface area contributed by atoms with Crippen LogP contribution in [0.2, 0.25) is 0 Å². The van der Waals surface area contributed by atoms with Crippen molar-refractivity contribution in [2.24, 2.45) is 0 Å². The highest BCUT2D eigenvalue weighted by Gasteiger charge is 2.40. The first-order valence-corrected chi connectivity index (χ1v) is 7.90. The Morgan fingerprint density at radius 1 is 1.12 bits per heavy atom. The number of imide groups is 1. The molecule has 24 heavy (non-hydrogen) atoms. The van der Waals surface area contributed by atoms with Gasteiger partial charge < -0.3 is 9.84 Å². The van der Waals surface area contributed by atoms with Gasteiger partial charge in [-0.3, -0.25) is 4.79 Å². The Morgan fingerprint density at radius 2 is 1.75 bits per heavy atom. The molecule has 0 aromatic heterocycles.